The van der Waals surface area contributed by atoms with Crippen LogP contribution in [0, 0.1) is 6.92 Å². The van der Waals surface area contributed by atoms with E-state index in [1.54, 1.807) is 6.20 Å². The Kier molecular flexibility index (Phi) is 6.07. The molecule has 0 bridgehead atoms. The summed E-state index contributed by atoms with van der Waals surface area (Å²) in [5, 5.41) is 3.07. The first kappa shape index (κ1) is 17.2. The molecule has 0 spiro atoms. The van der Waals surface area contributed by atoms with Crippen LogP contribution in [0.5, 0.6) is 0 Å². The summed E-state index contributed by atoms with van der Waals surface area (Å²) in [6.07, 6.45) is 11.5. The number of hydrogen-bond donors (Lipinski definition) is 1. The van der Waals surface area contributed by atoms with E-state index in [1.165, 1.54) is 32.1 Å². The predicted molar refractivity (Wildman–Crippen MR) is 95.8 cm³/mol. The lowest BCUT2D eigenvalue weighted by atomic mass is 9.94. The van der Waals surface area contributed by atoms with Crippen molar-refractivity contribution in [2.75, 3.05) is 26.2 Å². The Morgan fingerprint density at radius 1 is 1.17 bits per heavy atom. The van der Waals surface area contributed by atoms with Gasteiger partial charge in [-0.2, -0.15) is 0 Å². The molecule has 1 aromatic rings. The first-order valence-electron chi connectivity index (χ1n) is 9.40. The maximum atomic E-state index is 12.5. The Hall–Kier alpha value is -1.62. The molecule has 2 heterocycles. The lowest BCUT2D eigenvalue weighted by Gasteiger charge is -2.33. The zero-order valence-electron chi connectivity index (χ0n) is 14.8. The molecule has 0 unspecified atom stereocenters. The summed E-state index contributed by atoms with van der Waals surface area (Å²) < 4.78 is 0. The highest BCUT2D eigenvalue weighted by atomic mass is 16.2. The Morgan fingerprint density at radius 3 is 2.79 bits per heavy atom. The van der Waals surface area contributed by atoms with Gasteiger partial charge in [-0.15, -0.1) is 0 Å². The van der Waals surface area contributed by atoms with Gasteiger partial charge in [0, 0.05) is 51.2 Å². The normalized spacial score (nSPS) is 20.6. The van der Waals surface area contributed by atoms with Gasteiger partial charge in [0.15, 0.2) is 0 Å². The fraction of sp³-hybridized carbons (Fsp3) is 0.684. The quantitative estimate of drug-likeness (QED) is 0.927. The number of hydrogen-bond acceptors (Lipinski definition) is 3. The number of carbonyl (C=O) groups is 1. The minimum atomic E-state index is 0.0664. The van der Waals surface area contributed by atoms with Crippen LogP contribution in [0.4, 0.5) is 4.79 Å². The van der Waals surface area contributed by atoms with Crippen molar-refractivity contribution < 1.29 is 4.79 Å². The molecule has 132 valence electrons. The van der Waals surface area contributed by atoms with Gasteiger partial charge in [0.05, 0.1) is 0 Å². The van der Waals surface area contributed by atoms with E-state index in [2.05, 4.69) is 15.2 Å². The van der Waals surface area contributed by atoms with E-state index in [0.29, 0.717) is 6.54 Å². The minimum Gasteiger partial charge on any atom is -0.334 e. The second kappa shape index (κ2) is 8.47. The van der Waals surface area contributed by atoms with Gasteiger partial charge >= 0.3 is 6.03 Å². The van der Waals surface area contributed by atoms with E-state index in [-0.39, 0.29) is 6.03 Å². The van der Waals surface area contributed by atoms with Crippen molar-refractivity contribution in [1.82, 2.24) is 20.1 Å². The van der Waals surface area contributed by atoms with Gasteiger partial charge in [0.1, 0.15) is 0 Å². The second-order valence-electron chi connectivity index (χ2n) is 7.13. The van der Waals surface area contributed by atoms with Gasteiger partial charge in [-0.3, -0.25) is 9.88 Å². The molecule has 1 aliphatic carbocycles. The average molecular weight is 330 g/mol. The molecule has 0 radical (unpaired) electrons. The van der Waals surface area contributed by atoms with Crippen LogP contribution >= 0.6 is 0 Å². The fourth-order valence-corrected chi connectivity index (χ4v) is 3.94. The van der Waals surface area contributed by atoms with Gasteiger partial charge in [0.2, 0.25) is 0 Å². The van der Waals surface area contributed by atoms with Crippen molar-refractivity contribution in [3.63, 3.8) is 0 Å². The third-order valence-electron chi connectivity index (χ3n) is 5.48. The summed E-state index contributed by atoms with van der Waals surface area (Å²) in [6, 6.07) is 2.79. The van der Waals surface area contributed by atoms with E-state index >= 15 is 0 Å². The largest absolute Gasteiger partial charge is 0.334 e. The lowest BCUT2D eigenvalue weighted by Crippen LogP contribution is -2.43. The van der Waals surface area contributed by atoms with Crippen molar-refractivity contribution in [2.24, 2.45) is 0 Å². The van der Waals surface area contributed by atoms with Crippen molar-refractivity contribution >= 4 is 6.03 Å². The Morgan fingerprint density at radius 2 is 2.00 bits per heavy atom. The molecule has 1 saturated heterocycles. The number of amides is 2. The average Bonchev–Trinajstić information content (AvgIpc) is 2.88. The first-order valence-corrected chi connectivity index (χ1v) is 9.40. The zero-order chi connectivity index (χ0) is 16.8. The number of aryl methyl sites for hydroxylation is 1. The van der Waals surface area contributed by atoms with Crippen LogP contribution in [-0.2, 0) is 6.54 Å². The molecular formula is C19H30N4O. The third kappa shape index (κ3) is 4.47. The SMILES string of the molecule is Cc1cnccc1CNC(=O)N1CCCN(C2CCCCC2)CC1. The molecule has 5 nitrogen and oxygen atoms in total. The standard InChI is InChI=1S/C19H30N4O/c1-16-14-20-9-8-17(16)15-21-19(24)23-11-5-10-22(12-13-23)18-6-3-2-4-7-18/h8-9,14,18H,2-7,10-13,15H2,1H3,(H,21,24). The molecule has 1 N–H and O–H groups in total. The van der Waals surface area contributed by atoms with Crippen LogP contribution in [0.25, 0.3) is 0 Å². The maximum absolute atomic E-state index is 12.5. The number of nitrogens with one attached hydrogen (secondary N) is 1. The van der Waals surface area contributed by atoms with Gasteiger partial charge in [0.25, 0.3) is 0 Å². The molecule has 2 amide bonds. The highest BCUT2D eigenvalue weighted by Gasteiger charge is 2.25. The van der Waals surface area contributed by atoms with E-state index in [1.807, 2.05) is 24.1 Å². The first-order chi connectivity index (χ1) is 11.7. The molecule has 0 aromatic carbocycles. The van der Waals surface area contributed by atoms with Crippen LogP contribution in [0.3, 0.4) is 0 Å². The summed E-state index contributed by atoms with van der Waals surface area (Å²) in [5.74, 6) is 0. The van der Waals surface area contributed by atoms with Crippen molar-refractivity contribution in [3.8, 4) is 0 Å². The van der Waals surface area contributed by atoms with Crippen molar-refractivity contribution in [2.45, 2.75) is 58.0 Å². The zero-order valence-corrected chi connectivity index (χ0v) is 14.8. The highest BCUT2D eigenvalue weighted by molar-refractivity contribution is 5.74. The third-order valence-corrected chi connectivity index (χ3v) is 5.48. The van der Waals surface area contributed by atoms with E-state index in [9.17, 15) is 4.79 Å². The summed E-state index contributed by atoms with van der Waals surface area (Å²) in [4.78, 5) is 21.2. The predicted octanol–water partition coefficient (Wildman–Crippen LogP) is 2.94. The van der Waals surface area contributed by atoms with Crippen LogP contribution in [0.15, 0.2) is 18.5 Å². The Balaban J connectivity index is 1.48. The monoisotopic (exact) mass is 330 g/mol. The molecule has 24 heavy (non-hydrogen) atoms. The smallest absolute Gasteiger partial charge is 0.317 e. The summed E-state index contributed by atoms with van der Waals surface area (Å²) >= 11 is 0. The van der Waals surface area contributed by atoms with E-state index in [4.69, 9.17) is 0 Å². The van der Waals surface area contributed by atoms with Crippen LogP contribution in [0.1, 0.15) is 49.7 Å². The lowest BCUT2D eigenvalue weighted by molar-refractivity contribution is 0.159. The Labute approximate surface area is 145 Å². The molecule has 2 aliphatic rings. The molecule has 1 aliphatic heterocycles. The number of nitrogens with zero attached hydrogens (tertiary/aromatic N) is 3. The van der Waals surface area contributed by atoms with Gasteiger partial charge in [-0.05, 0) is 43.4 Å². The topological polar surface area (TPSA) is 48.5 Å². The van der Waals surface area contributed by atoms with E-state index < -0.39 is 0 Å². The molecule has 1 saturated carbocycles. The number of urea groups is 1. The van der Waals surface area contributed by atoms with Gasteiger partial charge in [-0.25, -0.2) is 4.79 Å². The molecule has 3 rings (SSSR count). The number of carbonyl (C=O) groups excluding carboxylic acids is 1. The number of aromatic nitrogens is 1. The van der Waals surface area contributed by atoms with Gasteiger partial charge in [-0.1, -0.05) is 19.3 Å². The Bertz CT molecular complexity index is 542. The van der Waals surface area contributed by atoms with Crippen LogP contribution in [-0.4, -0.2) is 53.0 Å². The highest BCUT2D eigenvalue weighted by Crippen LogP contribution is 2.23. The molecule has 0 atom stereocenters. The molecule has 2 fully saturated rings. The van der Waals surface area contributed by atoms with Gasteiger partial charge < -0.3 is 10.2 Å². The molecule has 1 aromatic heterocycles. The molecular weight excluding hydrogens is 300 g/mol. The maximum Gasteiger partial charge on any atom is 0.317 e. The summed E-state index contributed by atoms with van der Waals surface area (Å²) in [7, 11) is 0. The second-order valence-corrected chi connectivity index (χ2v) is 7.13. The molecule has 5 heteroatoms. The summed E-state index contributed by atoms with van der Waals surface area (Å²) in [5.41, 5.74) is 2.26. The van der Waals surface area contributed by atoms with Crippen LogP contribution < -0.4 is 5.32 Å². The summed E-state index contributed by atoms with van der Waals surface area (Å²) in [6.45, 7) is 6.48. The van der Waals surface area contributed by atoms with Crippen molar-refractivity contribution in [3.05, 3.63) is 29.6 Å². The fourth-order valence-electron chi connectivity index (χ4n) is 3.94. The van der Waals surface area contributed by atoms with Crippen LogP contribution in [0.2, 0.25) is 0 Å². The van der Waals surface area contributed by atoms with E-state index in [0.717, 1.165) is 49.8 Å². The van der Waals surface area contributed by atoms with Crippen molar-refractivity contribution in [1.29, 1.82) is 0 Å². The minimum absolute atomic E-state index is 0.0664. The number of pyridine rings is 1. The number of rotatable bonds is 3.